The SMILES string of the molecule is O=C(c1ccccc1OCc1cscn1)N1CCC(CO)CC1. The topological polar surface area (TPSA) is 62.7 Å². The summed E-state index contributed by atoms with van der Waals surface area (Å²) in [5, 5.41) is 11.1. The molecular formula is C17H20N2O3S. The zero-order valence-electron chi connectivity index (χ0n) is 12.9. The van der Waals surface area contributed by atoms with Gasteiger partial charge in [0.15, 0.2) is 0 Å². The molecule has 0 saturated carbocycles. The second kappa shape index (κ2) is 7.57. The normalized spacial score (nSPS) is 15.6. The molecule has 1 aromatic carbocycles. The Hall–Kier alpha value is -1.92. The van der Waals surface area contributed by atoms with Crippen molar-refractivity contribution in [2.24, 2.45) is 5.92 Å². The highest BCUT2D eigenvalue weighted by molar-refractivity contribution is 7.07. The van der Waals surface area contributed by atoms with Crippen LogP contribution >= 0.6 is 11.3 Å². The maximum Gasteiger partial charge on any atom is 0.257 e. The summed E-state index contributed by atoms with van der Waals surface area (Å²) in [5.74, 6) is 0.903. The number of aliphatic hydroxyl groups is 1. The molecule has 122 valence electrons. The van der Waals surface area contributed by atoms with E-state index in [2.05, 4.69) is 4.98 Å². The number of amides is 1. The van der Waals surface area contributed by atoms with Gasteiger partial charge in [-0.15, -0.1) is 11.3 Å². The Balaban J connectivity index is 1.68. The van der Waals surface area contributed by atoms with Crippen LogP contribution in [0.5, 0.6) is 5.75 Å². The van der Waals surface area contributed by atoms with Gasteiger partial charge >= 0.3 is 0 Å². The van der Waals surface area contributed by atoms with Gasteiger partial charge in [0.1, 0.15) is 12.4 Å². The maximum atomic E-state index is 12.7. The van der Waals surface area contributed by atoms with Crippen LogP contribution in [0.25, 0.3) is 0 Å². The number of hydrogen-bond donors (Lipinski definition) is 1. The number of carbonyl (C=O) groups is 1. The molecule has 0 aliphatic carbocycles. The van der Waals surface area contributed by atoms with Gasteiger partial charge in [-0.1, -0.05) is 12.1 Å². The third kappa shape index (κ3) is 3.89. The molecule has 2 aromatic rings. The van der Waals surface area contributed by atoms with Crippen molar-refractivity contribution in [3.8, 4) is 5.75 Å². The monoisotopic (exact) mass is 332 g/mol. The average molecular weight is 332 g/mol. The van der Waals surface area contributed by atoms with Crippen molar-refractivity contribution in [1.82, 2.24) is 9.88 Å². The lowest BCUT2D eigenvalue weighted by molar-refractivity contribution is 0.0646. The summed E-state index contributed by atoms with van der Waals surface area (Å²) < 4.78 is 5.79. The summed E-state index contributed by atoms with van der Waals surface area (Å²) in [6.07, 6.45) is 1.70. The van der Waals surface area contributed by atoms with E-state index in [-0.39, 0.29) is 12.5 Å². The van der Waals surface area contributed by atoms with Crippen molar-refractivity contribution >= 4 is 17.2 Å². The zero-order chi connectivity index (χ0) is 16.1. The molecule has 1 amide bonds. The minimum atomic E-state index is -0.00438. The number of piperidine rings is 1. The average Bonchev–Trinajstić information content (AvgIpc) is 3.13. The first-order valence-electron chi connectivity index (χ1n) is 7.77. The van der Waals surface area contributed by atoms with Crippen LogP contribution in [0.3, 0.4) is 0 Å². The quantitative estimate of drug-likeness (QED) is 0.914. The zero-order valence-corrected chi connectivity index (χ0v) is 13.7. The first kappa shape index (κ1) is 16.0. The molecule has 1 aliphatic heterocycles. The van der Waals surface area contributed by atoms with Gasteiger partial charge in [-0.3, -0.25) is 4.79 Å². The smallest absolute Gasteiger partial charge is 0.257 e. The molecule has 5 nitrogen and oxygen atoms in total. The van der Waals surface area contributed by atoms with Gasteiger partial charge in [0, 0.05) is 25.1 Å². The van der Waals surface area contributed by atoms with Crippen LogP contribution < -0.4 is 4.74 Å². The molecule has 2 heterocycles. The maximum absolute atomic E-state index is 12.7. The highest BCUT2D eigenvalue weighted by atomic mass is 32.1. The largest absolute Gasteiger partial charge is 0.486 e. The highest BCUT2D eigenvalue weighted by Gasteiger charge is 2.25. The number of aliphatic hydroxyl groups excluding tert-OH is 1. The van der Waals surface area contributed by atoms with Gasteiger partial charge < -0.3 is 14.7 Å². The standard InChI is InChI=1S/C17H20N2O3S/c20-9-13-5-7-19(8-6-13)17(21)15-3-1-2-4-16(15)22-10-14-11-23-12-18-14/h1-4,11-13,20H,5-10H2. The fourth-order valence-electron chi connectivity index (χ4n) is 2.72. The Morgan fingerprint density at radius 1 is 1.35 bits per heavy atom. The lowest BCUT2D eigenvalue weighted by Gasteiger charge is -2.31. The highest BCUT2D eigenvalue weighted by Crippen LogP contribution is 2.24. The summed E-state index contributed by atoms with van der Waals surface area (Å²) >= 11 is 1.52. The molecule has 1 saturated heterocycles. The number of hydrogen-bond acceptors (Lipinski definition) is 5. The second-order valence-electron chi connectivity index (χ2n) is 5.68. The van der Waals surface area contributed by atoms with Crippen LogP contribution in [-0.2, 0) is 6.61 Å². The number of aromatic nitrogens is 1. The minimum Gasteiger partial charge on any atom is -0.486 e. The van der Waals surface area contributed by atoms with E-state index in [0.29, 0.717) is 36.9 Å². The number of carbonyl (C=O) groups excluding carboxylic acids is 1. The van der Waals surface area contributed by atoms with Crippen LogP contribution in [0, 0.1) is 5.92 Å². The molecule has 1 fully saturated rings. The fourth-order valence-corrected chi connectivity index (χ4v) is 3.26. The van der Waals surface area contributed by atoms with Crippen molar-refractivity contribution < 1.29 is 14.6 Å². The molecule has 0 radical (unpaired) electrons. The van der Waals surface area contributed by atoms with E-state index in [0.717, 1.165) is 18.5 Å². The molecule has 0 bridgehead atoms. The molecule has 0 atom stereocenters. The number of benzene rings is 1. The third-order valence-corrected chi connectivity index (χ3v) is 4.77. The molecule has 3 rings (SSSR count). The number of para-hydroxylation sites is 1. The Kier molecular flexibility index (Phi) is 5.25. The Morgan fingerprint density at radius 2 is 2.13 bits per heavy atom. The molecule has 0 spiro atoms. The fraction of sp³-hybridized carbons (Fsp3) is 0.412. The van der Waals surface area contributed by atoms with E-state index in [4.69, 9.17) is 4.74 Å². The van der Waals surface area contributed by atoms with Crippen molar-refractivity contribution in [3.05, 3.63) is 46.4 Å². The van der Waals surface area contributed by atoms with Crippen molar-refractivity contribution in [1.29, 1.82) is 0 Å². The predicted octanol–water partition coefficient (Wildman–Crippen LogP) is 2.57. The number of likely N-dealkylation sites (tertiary alicyclic amines) is 1. The number of rotatable bonds is 5. The van der Waals surface area contributed by atoms with Crippen LogP contribution in [-0.4, -0.2) is 40.6 Å². The summed E-state index contributed by atoms with van der Waals surface area (Å²) in [6, 6.07) is 7.34. The van der Waals surface area contributed by atoms with Crippen LogP contribution in [0.4, 0.5) is 0 Å². The molecule has 0 unspecified atom stereocenters. The van der Waals surface area contributed by atoms with Crippen LogP contribution in [0.15, 0.2) is 35.2 Å². The molecule has 1 aliphatic rings. The summed E-state index contributed by atoms with van der Waals surface area (Å²) in [7, 11) is 0. The molecule has 1 N–H and O–H groups in total. The van der Waals surface area contributed by atoms with E-state index in [1.54, 1.807) is 11.6 Å². The van der Waals surface area contributed by atoms with Gasteiger partial charge in [0.05, 0.1) is 16.8 Å². The lowest BCUT2D eigenvalue weighted by Crippen LogP contribution is -2.39. The molecule has 1 aromatic heterocycles. The third-order valence-electron chi connectivity index (χ3n) is 4.14. The van der Waals surface area contributed by atoms with Gasteiger partial charge in [-0.25, -0.2) is 4.98 Å². The van der Waals surface area contributed by atoms with Gasteiger partial charge in [-0.2, -0.15) is 0 Å². The van der Waals surface area contributed by atoms with Gasteiger partial charge in [0.25, 0.3) is 5.91 Å². The van der Waals surface area contributed by atoms with Crippen LogP contribution in [0.2, 0.25) is 0 Å². The van der Waals surface area contributed by atoms with E-state index in [1.165, 1.54) is 11.3 Å². The predicted molar refractivity (Wildman–Crippen MR) is 88.6 cm³/mol. The first-order chi connectivity index (χ1) is 11.3. The summed E-state index contributed by atoms with van der Waals surface area (Å²) in [5.41, 5.74) is 3.22. The summed E-state index contributed by atoms with van der Waals surface area (Å²) in [4.78, 5) is 18.8. The Morgan fingerprint density at radius 3 is 2.83 bits per heavy atom. The van der Waals surface area contributed by atoms with Crippen LogP contribution in [0.1, 0.15) is 28.9 Å². The minimum absolute atomic E-state index is 0.00438. The Labute approximate surface area is 139 Å². The number of ether oxygens (including phenoxy) is 1. The van der Waals surface area contributed by atoms with E-state index in [9.17, 15) is 9.90 Å². The van der Waals surface area contributed by atoms with Gasteiger partial charge in [0.2, 0.25) is 0 Å². The van der Waals surface area contributed by atoms with Crippen molar-refractivity contribution in [2.45, 2.75) is 19.4 Å². The first-order valence-corrected chi connectivity index (χ1v) is 8.71. The molecular weight excluding hydrogens is 312 g/mol. The number of nitrogens with zero attached hydrogens (tertiary/aromatic N) is 2. The molecule has 6 heteroatoms. The van der Waals surface area contributed by atoms with E-state index >= 15 is 0 Å². The number of thiazole rings is 1. The second-order valence-corrected chi connectivity index (χ2v) is 6.40. The van der Waals surface area contributed by atoms with E-state index < -0.39 is 0 Å². The van der Waals surface area contributed by atoms with E-state index in [1.807, 2.05) is 28.5 Å². The lowest BCUT2D eigenvalue weighted by atomic mass is 9.97. The van der Waals surface area contributed by atoms with Gasteiger partial charge in [-0.05, 0) is 30.9 Å². The van der Waals surface area contributed by atoms with Crippen molar-refractivity contribution in [3.63, 3.8) is 0 Å². The van der Waals surface area contributed by atoms with Crippen molar-refractivity contribution in [2.75, 3.05) is 19.7 Å². The summed E-state index contributed by atoms with van der Waals surface area (Å²) in [6.45, 7) is 1.94. The Bertz CT molecular complexity index is 637. The molecule has 23 heavy (non-hydrogen) atoms.